The number of fused-ring (bicyclic) bond motifs is 1. The van der Waals surface area contributed by atoms with E-state index in [1.54, 1.807) is 0 Å². The van der Waals surface area contributed by atoms with Crippen LogP contribution in [0.4, 0.5) is 0 Å². The highest BCUT2D eigenvalue weighted by Gasteiger charge is 2.31. The zero-order chi connectivity index (χ0) is 13.4. The molecule has 4 aliphatic rings. The Bertz CT molecular complexity index is 566. The van der Waals surface area contributed by atoms with Gasteiger partial charge >= 0.3 is 0 Å². The molecule has 1 fully saturated rings. The molecule has 1 unspecified atom stereocenters. The first-order valence-electron chi connectivity index (χ1n) is 7.06. The van der Waals surface area contributed by atoms with Crippen molar-refractivity contribution in [3.8, 4) is 0 Å². The van der Waals surface area contributed by atoms with Crippen molar-refractivity contribution in [1.29, 1.82) is 0 Å². The van der Waals surface area contributed by atoms with Gasteiger partial charge in [-0.25, -0.2) is 9.98 Å². The Morgan fingerprint density at radius 1 is 1.40 bits per heavy atom. The lowest BCUT2D eigenvalue weighted by molar-refractivity contribution is 0.528. The van der Waals surface area contributed by atoms with Gasteiger partial charge in [-0.15, -0.1) is 11.8 Å². The number of aliphatic imine (C=N–C) groups is 3. The number of amidine groups is 3. The lowest BCUT2D eigenvalue weighted by Crippen LogP contribution is -2.32. The molecule has 5 nitrogen and oxygen atoms in total. The van der Waals surface area contributed by atoms with E-state index in [0.29, 0.717) is 5.92 Å². The average Bonchev–Trinajstić information content (AvgIpc) is 3.17. The average molecular weight is 287 g/mol. The van der Waals surface area contributed by atoms with Gasteiger partial charge in [0.05, 0.1) is 11.8 Å². The Balaban J connectivity index is 1.58. The van der Waals surface area contributed by atoms with E-state index in [2.05, 4.69) is 26.3 Å². The minimum atomic E-state index is 0.315. The molecule has 20 heavy (non-hydrogen) atoms. The van der Waals surface area contributed by atoms with Crippen LogP contribution in [-0.2, 0) is 0 Å². The highest BCUT2D eigenvalue weighted by Crippen LogP contribution is 2.27. The van der Waals surface area contributed by atoms with Crippen LogP contribution in [0.25, 0.3) is 0 Å². The van der Waals surface area contributed by atoms with Gasteiger partial charge in [-0.05, 0) is 6.42 Å². The molecule has 0 aromatic carbocycles. The second kappa shape index (κ2) is 5.09. The molecule has 4 rings (SSSR count). The number of hydrogen-bond donors (Lipinski definition) is 1. The topological polar surface area (TPSA) is 52.4 Å². The van der Waals surface area contributed by atoms with Crippen molar-refractivity contribution < 1.29 is 0 Å². The minimum Gasteiger partial charge on any atom is -0.350 e. The third-order valence-corrected chi connectivity index (χ3v) is 4.95. The molecule has 4 heterocycles. The molecule has 1 N–H and O–H groups in total. The number of rotatable bonds is 1. The van der Waals surface area contributed by atoms with Crippen LogP contribution in [0.15, 0.2) is 39.0 Å². The Hall–Kier alpha value is -1.56. The summed E-state index contributed by atoms with van der Waals surface area (Å²) in [5, 5.41) is 3.26. The quantitative estimate of drug-likeness (QED) is 0.797. The molecule has 0 amide bonds. The van der Waals surface area contributed by atoms with Gasteiger partial charge in [0.1, 0.15) is 11.7 Å². The monoisotopic (exact) mass is 287 g/mol. The molecule has 0 bridgehead atoms. The molecule has 0 aliphatic carbocycles. The molecule has 0 radical (unpaired) electrons. The van der Waals surface area contributed by atoms with Gasteiger partial charge in [-0.1, -0.05) is 6.08 Å². The smallest absolute Gasteiger partial charge is 0.154 e. The van der Waals surface area contributed by atoms with Crippen LogP contribution in [0.2, 0.25) is 0 Å². The van der Waals surface area contributed by atoms with Crippen molar-refractivity contribution in [1.82, 2.24) is 10.2 Å². The molecule has 1 atom stereocenters. The van der Waals surface area contributed by atoms with Crippen molar-refractivity contribution in [2.24, 2.45) is 20.9 Å². The number of nitrogens with one attached hydrogen (secondary N) is 1. The Labute approximate surface area is 122 Å². The number of nitrogens with zero attached hydrogens (tertiary/aromatic N) is 4. The Morgan fingerprint density at radius 2 is 2.40 bits per heavy atom. The maximum Gasteiger partial charge on any atom is 0.154 e. The van der Waals surface area contributed by atoms with E-state index >= 15 is 0 Å². The summed E-state index contributed by atoms with van der Waals surface area (Å²) in [4.78, 5) is 16.2. The molecule has 4 aliphatic heterocycles. The maximum absolute atomic E-state index is 4.83. The van der Waals surface area contributed by atoms with E-state index in [1.165, 1.54) is 17.2 Å². The molecule has 0 aromatic heterocycles. The molecule has 104 valence electrons. The predicted molar refractivity (Wildman–Crippen MR) is 84.3 cm³/mol. The van der Waals surface area contributed by atoms with Crippen molar-refractivity contribution in [3.63, 3.8) is 0 Å². The van der Waals surface area contributed by atoms with E-state index in [-0.39, 0.29) is 0 Å². The minimum absolute atomic E-state index is 0.315. The fourth-order valence-corrected chi connectivity index (χ4v) is 3.87. The molecule has 0 spiro atoms. The summed E-state index contributed by atoms with van der Waals surface area (Å²) >= 11 is 1.98. The van der Waals surface area contributed by atoms with Crippen molar-refractivity contribution >= 4 is 29.3 Å². The summed E-state index contributed by atoms with van der Waals surface area (Å²) < 4.78 is 0. The SMILES string of the molecule is C1=CN=C2NC=C(C3=NCCC(N4CCSC4)=N3)C2C1. The predicted octanol–water partition coefficient (Wildman–Crippen LogP) is 1.61. The molecular formula is C14H17N5S. The third kappa shape index (κ3) is 2.08. The van der Waals surface area contributed by atoms with Gasteiger partial charge < -0.3 is 10.2 Å². The normalized spacial score (nSPS) is 28.4. The molecule has 1 saturated heterocycles. The zero-order valence-corrected chi connectivity index (χ0v) is 12.1. The van der Waals surface area contributed by atoms with E-state index in [9.17, 15) is 0 Å². The Kier molecular flexibility index (Phi) is 3.10. The van der Waals surface area contributed by atoms with E-state index in [1.807, 2.05) is 24.2 Å². The van der Waals surface area contributed by atoms with Crippen LogP contribution in [0.1, 0.15) is 12.8 Å². The summed E-state index contributed by atoms with van der Waals surface area (Å²) in [7, 11) is 0. The summed E-state index contributed by atoms with van der Waals surface area (Å²) in [5.41, 5.74) is 1.19. The second-order valence-corrected chi connectivity index (χ2v) is 6.29. The van der Waals surface area contributed by atoms with Gasteiger partial charge in [-0.2, -0.15) is 0 Å². The molecule has 6 heteroatoms. The van der Waals surface area contributed by atoms with E-state index in [0.717, 1.165) is 43.5 Å². The molecule has 0 saturated carbocycles. The fraction of sp³-hybridized carbons (Fsp3) is 0.500. The van der Waals surface area contributed by atoms with Gasteiger partial charge in [-0.3, -0.25) is 4.99 Å². The number of allylic oxidation sites excluding steroid dienone is 1. The van der Waals surface area contributed by atoms with Crippen LogP contribution in [0, 0.1) is 5.92 Å². The summed E-state index contributed by atoms with van der Waals surface area (Å²) in [5.74, 6) is 5.74. The van der Waals surface area contributed by atoms with Gasteiger partial charge in [0.15, 0.2) is 5.84 Å². The first-order valence-corrected chi connectivity index (χ1v) is 8.22. The van der Waals surface area contributed by atoms with Gasteiger partial charge in [0.2, 0.25) is 0 Å². The molecular weight excluding hydrogens is 270 g/mol. The summed E-state index contributed by atoms with van der Waals surface area (Å²) in [6.45, 7) is 1.97. The van der Waals surface area contributed by atoms with Crippen molar-refractivity contribution in [2.45, 2.75) is 12.8 Å². The fourth-order valence-electron chi connectivity index (χ4n) is 2.89. The standard InChI is InChI=1S/C14H17N5S/c1-2-10-11(8-17-13(10)15-4-1)14-16-5-3-12(18-14)19-6-7-20-9-19/h1,4,8,10H,2-3,5-7,9H2,(H,15,17). The lowest BCUT2D eigenvalue weighted by Gasteiger charge is -2.23. The highest BCUT2D eigenvalue weighted by atomic mass is 32.2. The number of thioether (sulfide) groups is 1. The van der Waals surface area contributed by atoms with Crippen LogP contribution < -0.4 is 5.32 Å². The van der Waals surface area contributed by atoms with Crippen LogP contribution >= 0.6 is 11.8 Å². The summed E-state index contributed by atoms with van der Waals surface area (Å²) in [6.07, 6.45) is 7.96. The summed E-state index contributed by atoms with van der Waals surface area (Å²) in [6, 6.07) is 0. The zero-order valence-electron chi connectivity index (χ0n) is 11.2. The van der Waals surface area contributed by atoms with Gasteiger partial charge in [0.25, 0.3) is 0 Å². The van der Waals surface area contributed by atoms with Crippen LogP contribution in [0.3, 0.4) is 0 Å². The van der Waals surface area contributed by atoms with Crippen molar-refractivity contribution in [3.05, 3.63) is 24.0 Å². The lowest BCUT2D eigenvalue weighted by atomic mass is 9.95. The van der Waals surface area contributed by atoms with Crippen LogP contribution in [-0.4, -0.2) is 47.1 Å². The second-order valence-electron chi connectivity index (χ2n) is 5.22. The van der Waals surface area contributed by atoms with E-state index in [4.69, 9.17) is 4.99 Å². The third-order valence-electron chi connectivity index (χ3n) is 3.98. The highest BCUT2D eigenvalue weighted by molar-refractivity contribution is 7.99. The van der Waals surface area contributed by atoms with Crippen LogP contribution in [0.5, 0.6) is 0 Å². The van der Waals surface area contributed by atoms with Crippen molar-refractivity contribution in [2.75, 3.05) is 24.7 Å². The largest absolute Gasteiger partial charge is 0.350 e. The molecule has 0 aromatic rings. The number of hydrogen-bond acceptors (Lipinski definition) is 6. The first kappa shape index (κ1) is 12.2. The Morgan fingerprint density at radius 3 is 3.30 bits per heavy atom. The first-order chi connectivity index (χ1) is 9.92. The van der Waals surface area contributed by atoms with Gasteiger partial charge in [0, 0.05) is 43.2 Å². The maximum atomic E-state index is 4.83. The van der Waals surface area contributed by atoms with E-state index < -0.39 is 0 Å².